The molecule has 0 spiro atoms. The molecule has 0 saturated heterocycles. The van der Waals surface area contributed by atoms with Gasteiger partial charge in [-0.1, -0.05) is 11.3 Å². The zero-order valence-corrected chi connectivity index (χ0v) is 12.9. The first kappa shape index (κ1) is 15.4. The molecule has 2 N–H and O–H groups in total. The van der Waals surface area contributed by atoms with E-state index < -0.39 is 16.0 Å². The molecule has 0 aliphatic rings. The van der Waals surface area contributed by atoms with Crippen molar-refractivity contribution in [1.82, 2.24) is 20.0 Å². The fourth-order valence-electron chi connectivity index (χ4n) is 1.87. The number of carboxylic acids is 1. The molecule has 0 atom stereocenters. The maximum Gasteiger partial charge on any atom is 0.305 e. The molecule has 21 heavy (non-hydrogen) atoms. The Labute approximate surface area is 124 Å². The monoisotopic (exact) mass is 331 g/mol. The third kappa shape index (κ3) is 3.36. The van der Waals surface area contributed by atoms with Gasteiger partial charge in [0, 0.05) is 0 Å². The van der Waals surface area contributed by atoms with E-state index in [1.54, 1.807) is 13.8 Å². The standard InChI is InChI=1S/C10H13N5O4S2/c1-6-9(7(2)15(13-6)4-3-8(16)17)21(18,19)14-10-12-11-5-20-10/h5H,3-4H2,1-2H3,(H,12,14)(H,16,17). The smallest absolute Gasteiger partial charge is 0.305 e. The van der Waals surface area contributed by atoms with Crippen LogP contribution in [0.15, 0.2) is 10.4 Å². The summed E-state index contributed by atoms with van der Waals surface area (Å²) in [7, 11) is -3.84. The number of aryl methyl sites for hydroxylation is 2. The SMILES string of the molecule is Cc1nn(CCC(=O)O)c(C)c1S(=O)(=O)Nc1nncs1. The molecular formula is C10H13N5O4S2. The van der Waals surface area contributed by atoms with E-state index in [9.17, 15) is 13.2 Å². The predicted molar refractivity (Wildman–Crippen MR) is 74.7 cm³/mol. The van der Waals surface area contributed by atoms with Crippen molar-refractivity contribution < 1.29 is 18.3 Å². The number of nitrogens with one attached hydrogen (secondary N) is 1. The summed E-state index contributed by atoms with van der Waals surface area (Å²) in [6.07, 6.45) is -0.134. The van der Waals surface area contributed by atoms with E-state index in [0.29, 0.717) is 11.4 Å². The highest BCUT2D eigenvalue weighted by atomic mass is 32.2. The summed E-state index contributed by atoms with van der Waals surface area (Å²) in [4.78, 5) is 10.6. The molecule has 0 bridgehead atoms. The van der Waals surface area contributed by atoms with Crippen LogP contribution < -0.4 is 4.72 Å². The summed E-state index contributed by atoms with van der Waals surface area (Å²) >= 11 is 1.06. The van der Waals surface area contributed by atoms with Crippen LogP contribution in [0.2, 0.25) is 0 Å². The Hall–Kier alpha value is -2.01. The summed E-state index contributed by atoms with van der Waals surface area (Å²) in [6.45, 7) is 3.24. The predicted octanol–water partition coefficient (Wildman–Crippen LogP) is 0.627. The molecule has 0 aliphatic carbocycles. The first-order chi connectivity index (χ1) is 9.81. The molecule has 2 aromatic heterocycles. The molecule has 0 saturated carbocycles. The van der Waals surface area contributed by atoms with Crippen molar-refractivity contribution >= 4 is 32.5 Å². The van der Waals surface area contributed by atoms with Crippen molar-refractivity contribution in [3.8, 4) is 0 Å². The van der Waals surface area contributed by atoms with E-state index in [0.717, 1.165) is 11.3 Å². The molecular weight excluding hydrogens is 318 g/mol. The Morgan fingerprint density at radius 3 is 2.76 bits per heavy atom. The number of carboxylic acid groups (broad SMARTS) is 1. The lowest BCUT2D eigenvalue weighted by Gasteiger charge is -2.06. The minimum Gasteiger partial charge on any atom is -0.481 e. The van der Waals surface area contributed by atoms with Crippen LogP contribution in [0, 0.1) is 13.8 Å². The molecule has 0 aromatic carbocycles. The molecule has 0 unspecified atom stereocenters. The number of anilines is 1. The number of hydrogen-bond donors (Lipinski definition) is 2. The number of carbonyl (C=O) groups is 1. The van der Waals surface area contributed by atoms with Gasteiger partial charge in [-0.05, 0) is 13.8 Å². The van der Waals surface area contributed by atoms with Gasteiger partial charge in [-0.2, -0.15) is 5.10 Å². The highest BCUT2D eigenvalue weighted by Gasteiger charge is 2.25. The lowest BCUT2D eigenvalue weighted by Crippen LogP contribution is -2.15. The first-order valence-electron chi connectivity index (χ1n) is 5.86. The van der Waals surface area contributed by atoms with E-state index in [4.69, 9.17) is 5.11 Å². The van der Waals surface area contributed by atoms with Crippen molar-refractivity contribution in [2.75, 3.05) is 4.72 Å². The van der Waals surface area contributed by atoms with Gasteiger partial charge in [0.25, 0.3) is 10.0 Å². The minimum absolute atomic E-state index is 0.0306. The van der Waals surface area contributed by atoms with E-state index in [1.807, 2.05) is 0 Å². The van der Waals surface area contributed by atoms with Crippen molar-refractivity contribution in [1.29, 1.82) is 0 Å². The highest BCUT2D eigenvalue weighted by molar-refractivity contribution is 7.93. The fraction of sp³-hybridized carbons (Fsp3) is 0.400. The summed E-state index contributed by atoms with van der Waals surface area (Å²) in [5.74, 6) is -0.973. The van der Waals surface area contributed by atoms with Crippen molar-refractivity contribution in [3.63, 3.8) is 0 Å². The number of hydrogen-bond acceptors (Lipinski definition) is 7. The quantitative estimate of drug-likeness (QED) is 0.794. The zero-order chi connectivity index (χ0) is 15.6. The normalized spacial score (nSPS) is 11.5. The van der Waals surface area contributed by atoms with Crippen LogP contribution in [0.5, 0.6) is 0 Å². The van der Waals surface area contributed by atoms with E-state index in [2.05, 4.69) is 20.0 Å². The Morgan fingerprint density at radius 1 is 1.48 bits per heavy atom. The van der Waals surface area contributed by atoms with Gasteiger partial charge in [-0.3, -0.25) is 14.2 Å². The largest absolute Gasteiger partial charge is 0.481 e. The number of aliphatic carboxylic acids is 1. The molecule has 0 radical (unpaired) electrons. The van der Waals surface area contributed by atoms with Gasteiger partial charge in [0.15, 0.2) is 0 Å². The first-order valence-corrected chi connectivity index (χ1v) is 8.22. The van der Waals surface area contributed by atoms with Gasteiger partial charge in [0.2, 0.25) is 5.13 Å². The second kappa shape index (κ2) is 5.77. The van der Waals surface area contributed by atoms with Crippen LogP contribution in [0.25, 0.3) is 0 Å². The van der Waals surface area contributed by atoms with Crippen LogP contribution >= 0.6 is 11.3 Å². The topological polar surface area (TPSA) is 127 Å². The lowest BCUT2D eigenvalue weighted by molar-refractivity contribution is -0.137. The Balaban J connectivity index is 2.33. The van der Waals surface area contributed by atoms with Gasteiger partial charge in [0.05, 0.1) is 24.4 Å². The van der Waals surface area contributed by atoms with E-state index in [1.165, 1.54) is 10.2 Å². The van der Waals surface area contributed by atoms with Crippen LogP contribution in [-0.2, 0) is 21.4 Å². The maximum absolute atomic E-state index is 12.4. The number of rotatable bonds is 6. The van der Waals surface area contributed by atoms with E-state index in [-0.39, 0.29) is 23.0 Å². The maximum atomic E-state index is 12.4. The van der Waals surface area contributed by atoms with Crippen LogP contribution in [0.3, 0.4) is 0 Å². The Morgan fingerprint density at radius 2 is 2.19 bits per heavy atom. The second-order valence-corrected chi connectivity index (χ2v) is 6.67. The number of sulfonamides is 1. The average Bonchev–Trinajstić information content (AvgIpc) is 2.94. The fourth-order valence-corrected chi connectivity index (χ4v) is 3.98. The van der Waals surface area contributed by atoms with Gasteiger partial charge >= 0.3 is 5.97 Å². The minimum atomic E-state index is -3.84. The van der Waals surface area contributed by atoms with E-state index >= 15 is 0 Å². The summed E-state index contributed by atoms with van der Waals surface area (Å²) in [6, 6.07) is 0. The molecule has 114 valence electrons. The van der Waals surface area contributed by atoms with Crippen molar-refractivity contribution in [2.45, 2.75) is 31.7 Å². The zero-order valence-electron chi connectivity index (χ0n) is 11.3. The van der Waals surface area contributed by atoms with Crippen LogP contribution in [-0.4, -0.2) is 39.5 Å². The number of nitrogens with zero attached hydrogens (tertiary/aromatic N) is 4. The third-order valence-electron chi connectivity index (χ3n) is 2.70. The lowest BCUT2D eigenvalue weighted by atomic mass is 10.4. The molecule has 2 heterocycles. The molecule has 11 heteroatoms. The Kier molecular flexibility index (Phi) is 4.23. The molecule has 0 fully saturated rings. The summed E-state index contributed by atoms with van der Waals surface area (Å²) < 4.78 is 28.4. The molecule has 9 nitrogen and oxygen atoms in total. The summed E-state index contributed by atoms with van der Waals surface area (Å²) in [5, 5.41) is 20.1. The van der Waals surface area contributed by atoms with Gasteiger partial charge in [-0.25, -0.2) is 8.42 Å². The van der Waals surface area contributed by atoms with Gasteiger partial charge in [-0.15, -0.1) is 10.2 Å². The van der Waals surface area contributed by atoms with Crippen molar-refractivity contribution in [2.24, 2.45) is 0 Å². The second-order valence-electron chi connectivity index (χ2n) is 4.22. The van der Waals surface area contributed by atoms with Gasteiger partial charge in [0.1, 0.15) is 10.4 Å². The van der Waals surface area contributed by atoms with Crippen molar-refractivity contribution in [3.05, 3.63) is 16.9 Å². The summed E-state index contributed by atoms with van der Waals surface area (Å²) in [5.41, 5.74) is 2.09. The molecule has 0 amide bonds. The third-order valence-corrected chi connectivity index (χ3v) is 5.03. The van der Waals surface area contributed by atoms with Gasteiger partial charge < -0.3 is 5.11 Å². The molecule has 2 rings (SSSR count). The molecule has 2 aromatic rings. The van der Waals surface area contributed by atoms with Crippen LogP contribution in [0.1, 0.15) is 17.8 Å². The molecule has 0 aliphatic heterocycles. The highest BCUT2D eigenvalue weighted by Crippen LogP contribution is 2.23. The average molecular weight is 331 g/mol. The number of aromatic nitrogens is 4. The van der Waals surface area contributed by atoms with Crippen LogP contribution in [0.4, 0.5) is 5.13 Å². The Bertz CT molecular complexity index is 751.